The molecule has 3 aromatic rings. The molecule has 6 heteroatoms. The molecule has 96 valence electrons. The van der Waals surface area contributed by atoms with Gasteiger partial charge in [0.2, 0.25) is 5.95 Å². The average Bonchev–Trinajstić information content (AvgIpc) is 2.62. The number of halogens is 2. The van der Waals surface area contributed by atoms with Crippen LogP contribution >= 0.6 is 11.6 Å². The third kappa shape index (κ3) is 2.02. The maximum absolute atomic E-state index is 13.5. The van der Waals surface area contributed by atoms with E-state index in [1.165, 1.54) is 18.3 Å². The van der Waals surface area contributed by atoms with Crippen molar-refractivity contribution in [3.8, 4) is 5.69 Å². The Labute approximate surface area is 113 Å². The van der Waals surface area contributed by atoms with Crippen LogP contribution in [0.1, 0.15) is 5.56 Å². The minimum atomic E-state index is -0.329. The monoisotopic (exact) mass is 276 g/mol. The van der Waals surface area contributed by atoms with E-state index in [9.17, 15) is 4.39 Å². The van der Waals surface area contributed by atoms with Gasteiger partial charge in [-0.05, 0) is 36.8 Å². The van der Waals surface area contributed by atoms with Gasteiger partial charge in [0, 0.05) is 6.20 Å². The van der Waals surface area contributed by atoms with Crippen molar-refractivity contribution in [3.05, 3.63) is 46.9 Å². The van der Waals surface area contributed by atoms with E-state index < -0.39 is 0 Å². The maximum Gasteiger partial charge on any atom is 0.207 e. The Hall–Kier alpha value is -2.14. The second-order valence-corrected chi connectivity index (χ2v) is 4.72. The molecule has 0 saturated heterocycles. The van der Waals surface area contributed by atoms with Crippen LogP contribution < -0.4 is 5.73 Å². The summed E-state index contributed by atoms with van der Waals surface area (Å²) in [7, 11) is 0. The van der Waals surface area contributed by atoms with Crippen LogP contribution in [-0.2, 0) is 0 Å². The number of fused-ring (bicyclic) bond motifs is 1. The zero-order chi connectivity index (χ0) is 13.6. The third-order valence-electron chi connectivity index (χ3n) is 2.77. The number of aromatic nitrogens is 3. The van der Waals surface area contributed by atoms with Crippen molar-refractivity contribution in [2.45, 2.75) is 6.92 Å². The summed E-state index contributed by atoms with van der Waals surface area (Å²) in [6, 6.07) is 6.32. The van der Waals surface area contributed by atoms with Crippen LogP contribution in [0.25, 0.3) is 16.9 Å². The summed E-state index contributed by atoms with van der Waals surface area (Å²) >= 11 is 5.86. The van der Waals surface area contributed by atoms with E-state index in [4.69, 9.17) is 17.3 Å². The van der Waals surface area contributed by atoms with Crippen LogP contribution in [0.15, 0.2) is 30.5 Å². The number of pyridine rings is 1. The lowest BCUT2D eigenvalue weighted by molar-refractivity contribution is 0.625. The lowest BCUT2D eigenvalue weighted by atomic mass is 10.2. The summed E-state index contributed by atoms with van der Waals surface area (Å²) in [5, 5.41) is 0.479. The fraction of sp³-hybridized carbons (Fsp3) is 0.0769. The maximum atomic E-state index is 13.5. The molecule has 0 aliphatic carbocycles. The molecule has 3 rings (SSSR count). The summed E-state index contributed by atoms with van der Waals surface area (Å²) in [6.45, 7) is 1.81. The second kappa shape index (κ2) is 4.20. The van der Waals surface area contributed by atoms with E-state index in [1.54, 1.807) is 10.6 Å². The van der Waals surface area contributed by atoms with Gasteiger partial charge in [0.05, 0.1) is 10.7 Å². The number of benzene rings is 1. The molecule has 0 saturated carbocycles. The minimum Gasteiger partial charge on any atom is -0.369 e. The molecule has 2 heterocycles. The molecule has 0 unspecified atom stereocenters. The first-order valence-electron chi connectivity index (χ1n) is 5.61. The molecule has 2 N–H and O–H groups in total. The molecule has 4 nitrogen and oxygen atoms in total. The smallest absolute Gasteiger partial charge is 0.207 e. The van der Waals surface area contributed by atoms with Crippen molar-refractivity contribution in [1.82, 2.24) is 14.5 Å². The van der Waals surface area contributed by atoms with Crippen LogP contribution in [0.2, 0.25) is 5.02 Å². The zero-order valence-corrected chi connectivity index (χ0v) is 10.8. The van der Waals surface area contributed by atoms with Crippen molar-refractivity contribution in [1.29, 1.82) is 0 Å². The lowest BCUT2D eigenvalue weighted by Crippen LogP contribution is -2.02. The number of nitrogens with zero attached hydrogens (tertiary/aromatic N) is 3. The standard InChI is InChI=1S/C13H10ClFN4/c1-7-2-9(15)5-10(3-7)19-12-11(18-13(19)16)4-8(14)6-17-12/h2-6H,1H3,(H2,16,18). The minimum absolute atomic E-state index is 0.245. The average molecular weight is 277 g/mol. The molecule has 1 aromatic carbocycles. The number of imidazole rings is 1. The predicted octanol–water partition coefficient (Wildman–Crippen LogP) is 3.10. The van der Waals surface area contributed by atoms with E-state index in [-0.39, 0.29) is 11.8 Å². The number of nitrogens with two attached hydrogens (primary N) is 1. The van der Waals surface area contributed by atoms with Crippen molar-refractivity contribution in [2.75, 3.05) is 5.73 Å². The quantitative estimate of drug-likeness (QED) is 0.743. The Morgan fingerprint density at radius 2 is 2.05 bits per heavy atom. The van der Waals surface area contributed by atoms with E-state index in [0.717, 1.165) is 5.56 Å². The van der Waals surface area contributed by atoms with Crippen LogP contribution in [-0.4, -0.2) is 14.5 Å². The van der Waals surface area contributed by atoms with Gasteiger partial charge in [-0.25, -0.2) is 14.4 Å². The molecule has 0 spiro atoms. The van der Waals surface area contributed by atoms with E-state index >= 15 is 0 Å². The number of anilines is 1. The Balaban J connectivity index is 2.32. The van der Waals surface area contributed by atoms with Crippen LogP contribution in [0.5, 0.6) is 0 Å². The highest BCUT2D eigenvalue weighted by atomic mass is 35.5. The fourth-order valence-corrected chi connectivity index (χ4v) is 2.21. The summed E-state index contributed by atoms with van der Waals surface area (Å²) in [4.78, 5) is 8.38. The van der Waals surface area contributed by atoms with Crippen molar-refractivity contribution in [3.63, 3.8) is 0 Å². The van der Waals surface area contributed by atoms with Crippen LogP contribution in [0, 0.1) is 12.7 Å². The number of nitrogen functional groups attached to an aromatic ring is 1. The van der Waals surface area contributed by atoms with Gasteiger partial charge in [-0.15, -0.1) is 0 Å². The summed E-state index contributed by atoms with van der Waals surface area (Å²) < 4.78 is 15.1. The van der Waals surface area contributed by atoms with Gasteiger partial charge in [0.15, 0.2) is 5.65 Å². The molecule has 0 amide bonds. The topological polar surface area (TPSA) is 56.7 Å². The summed E-state index contributed by atoms with van der Waals surface area (Å²) in [5.41, 5.74) is 8.39. The van der Waals surface area contributed by atoms with Gasteiger partial charge in [-0.3, -0.25) is 4.57 Å². The van der Waals surface area contributed by atoms with E-state index in [2.05, 4.69) is 9.97 Å². The van der Waals surface area contributed by atoms with Gasteiger partial charge in [-0.2, -0.15) is 0 Å². The van der Waals surface area contributed by atoms with Gasteiger partial charge in [-0.1, -0.05) is 11.6 Å². The Morgan fingerprint density at radius 1 is 1.26 bits per heavy atom. The zero-order valence-electron chi connectivity index (χ0n) is 10.1. The number of rotatable bonds is 1. The number of hydrogen-bond acceptors (Lipinski definition) is 3. The molecular weight excluding hydrogens is 267 g/mol. The largest absolute Gasteiger partial charge is 0.369 e. The van der Waals surface area contributed by atoms with Gasteiger partial charge in [0.25, 0.3) is 0 Å². The summed E-state index contributed by atoms with van der Waals surface area (Å²) in [6.07, 6.45) is 1.51. The fourth-order valence-electron chi connectivity index (χ4n) is 2.06. The molecule has 0 atom stereocenters. The van der Waals surface area contributed by atoms with Crippen molar-refractivity contribution < 1.29 is 4.39 Å². The Bertz CT molecular complexity index is 761. The van der Waals surface area contributed by atoms with Gasteiger partial charge >= 0.3 is 0 Å². The SMILES string of the molecule is Cc1cc(F)cc(-n2c(N)nc3cc(Cl)cnc32)c1. The first-order chi connectivity index (χ1) is 9.04. The van der Waals surface area contributed by atoms with Crippen molar-refractivity contribution >= 4 is 28.7 Å². The Morgan fingerprint density at radius 3 is 2.79 bits per heavy atom. The predicted molar refractivity (Wildman–Crippen MR) is 73.0 cm³/mol. The molecule has 0 aliphatic rings. The van der Waals surface area contributed by atoms with Gasteiger partial charge < -0.3 is 5.73 Å². The molecule has 0 bridgehead atoms. The van der Waals surface area contributed by atoms with Crippen molar-refractivity contribution in [2.24, 2.45) is 0 Å². The molecule has 2 aromatic heterocycles. The third-order valence-corrected chi connectivity index (χ3v) is 2.98. The van der Waals surface area contributed by atoms with E-state index in [0.29, 0.717) is 21.9 Å². The highest BCUT2D eigenvalue weighted by Gasteiger charge is 2.12. The van der Waals surface area contributed by atoms with Crippen LogP contribution in [0.4, 0.5) is 10.3 Å². The highest BCUT2D eigenvalue weighted by Crippen LogP contribution is 2.24. The molecule has 19 heavy (non-hydrogen) atoms. The Kier molecular flexibility index (Phi) is 2.64. The number of hydrogen-bond donors (Lipinski definition) is 1. The lowest BCUT2D eigenvalue weighted by Gasteiger charge is -2.07. The molecule has 0 radical (unpaired) electrons. The van der Waals surface area contributed by atoms with Crippen LogP contribution in [0.3, 0.4) is 0 Å². The second-order valence-electron chi connectivity index (χ2n) is 4.29. The first-order valence-corrected chi connectivity index (χ1v) is 5.99. The summed E-state index contributed by atoms with van der Waals surface area (Å²) in [5.74, 6) is -0.0834. The first kappa shape index (κ1) is 11.9. The normalized spacial score (nSPS) is 11.1. The number of aryl methyl sites for hydroxylation is 1. The van der Waals surface area contributed by atoms with Gasteiger partial charge in [0.1, 0.15) is 11.3 Å². The molecule has 0 aliphatic heterocycles. The highest BCUT2D eigenvalue weighted by molar-refractivity contribution is 6.31. The van der Waals surface area contributed by atoms with E-state index in [1.807, 2.05) is 13.0 Å². The molecule has 0 fully saturated rings. The molecular formula is C13H10ClFN4.